The van der Waals surface area contributed by atoms with Crippen LogP contribution in [0.4, 0.5) is 0 Å². The lowest BCUT2D eigenvalue weighted by Crippen LogP contribution is -2.41. The monoisotopic (exact) mass is 265 g/mol. The molecule has 5 nitrogen and oxygen atoms in total. The minimum absolute atomic E-state index is 0.118. The van der Waals surface area contributed by atoms with Gasteiger partial charge in [0.1, 0.15) is 0 Å². The summed E-state index contributed by atoms with van der Waals surface area (Å²) < 4.78 is 4.97. The number of hydrogen-bond acceptors (Lipinski definition) is 4. The Morgan fingerprint density at radius 2 is 1.74 bits per heavy atom. The first-order valence-corrected chi connectivity index (χ1v) is 6.02. The van der Waals surface area contributed by atoms with Crippen molar-refractivity contribution in [1.29, 1.82) is 0 Å². The van der Waals surface area contributed by atoms with Crippen LogP contribution >= 0.6 is 0 Å². The Hall–Kier alpha value is -1.91. The quantitative estimate of drug-likeness (QED) is 0.429. The zero-order chi connectivity index (χ0) is 14.8. The lowest BCUT2D eigenvalue weighted by molar-refractivity contribution is -0.143. The Balaban J connectivity index is 2.70. The zero-order valence-electron chi connectivity index (χ0n) is 11.8. The van der Waals surface area contributed by atoms with Crippen molar-refractivity contribution in [2.24, 2.45) is 5.41 Å². The van der Waals surface area contributed by atoms with Gasteiger partial charge in [-0.2, -0.15) is 0 Å². The van der Waals surface area contributed by atoms with Crippen LogP contribution in [0.3, 0.4) is 0 Å². The average Bonchev–Trinajstić information content (AvgIpc) is 2.53. The fourth-order valence-electron chi connectivity index (χ4n) is 1.76. The zero-order valence-corrected chi connectivity index (χ0v) is 11.8. The first-order valence-electron chi connectivity index (χ1n) is 6.02. The van der Waals surface area contributed by atoms with Crippen molar-refractivity contribution in [2.45, 2.75) is 27.7 Å². The lowest BCUT2D eigenvalue weighted by atomic mass is 9.94. The van der Waals surface area contributed by atoms with Crippen molar-refractivity contribution in [3.05, 3.63) is 23.8 Å². The van der Waals surface area contributed by atoms with Gasteiger partial charge in [0, 0.05) is 29.2 Å². The summed E-state index contributed by atoms with van der Waals surface area (Å²) in [4.78, 5) is 36.1. The Bertz CT molecular complexity index is 450. The van der Waals surface area contributed by atoms with Gasteiger partial charge in [-0.15, -0.1) is 0 Å². The fraction of sp³-hybridized carbons (Fsp3) is 0.500. The van der Waals surface area contributed by atoms with E-state index < -0.39 is 11.4 Å². The van der Waals surface area contributed by atoms with Crippen molar-refractivity contribution >= 4 is 17.8 Å². The minimum Gasteiger partial charge on any atom is -0.462 e. The van der Waals surface area contributed by atoms with Crippen LogP contribution in [0.25, 0.3) is 0 Å². The van der Waals surface area contributed by atoms with Gasteiger partial charge in [-0.05, 0) is 13.8 Å². The van der Waals surface area contributed by atoms with Gasteiger partial charge < -0.3 is 4.74 Å². The maximum absolute atomic E-state index is 11.9. The maximum atomic E-state index is 11.9. The van der Waals surface area contributed by atoms with Crippen molar-refractivity contribution in [3.8, 4) is 0 Å². The van der Waals surface area contributed by atoms with Crippen molar-refractivity contribution in [3.63, 3.8) is 0 Å². The van der Waals surface area contributed by atoms with Crippen LogP contribution in [0.1, 0.15) is 27.7 Å². The molecule has 0 aromatic heterocycles. The van der Waals surface area contributed by atoms with Gasteiger partial charge in [-0.25, -0.2) is 4.79 Å². The highest BCUT2D eigenvalue weighted by Gasteiger charge is 2.37. The molecular formula is C14H19NO4. The molecule has 0 saturated heterocycles. The number of amides is 2. The summed E-state index contributed by atoms with van der Waals surface area (Å²) in [6, 6.07) is 0. The Labute approximate surface area is 112 Å². The van der Waals surface area contributed by atoms with E-state index in [0.717, 1.165) is 6.08 Å². The first kappa shape index (κ1) is 15.1. The van der Waals surface area contributed by atoms with E-state index in [-0.39, 0.29) is 25.0 Å². The normalized spacial score (nSPS) is 16.1. The van der Waals surface area contributed by atoms with Crippen LogP contribution in [-0.4, -0.2) is 35.8 Å². The third-order valence-electron chi connectivity index (χ3n) is 3.05. The highest BCUT2D eigenvalue weighted by Crippen LogP contribution is 2.25. The van der Waals surface area contributed by atoms with Gasteiger partial charge in [-0.1, -0.05) is 20.4 Å². The molecule has 104 valence electrons. The summed E-state index contributed by atoms with van der Waals surface area (Å²) in [5, 5.41) is 0. The highest BCUT2D eigenvalue weighted by atomic mass is 16.5. The summed E-state index contributed by atoms with van der Waals surface area (Å²) in [5.74, 6) is -1.06. The second kappa shape index (κ2) is 5.38. The molecule has 0 aromatic rings. The molecule has 0 atom stereocenters. The standard InChI is InChI=1S/C14H19NO4/c1-6-11(16)19-8-14(4,5)7-15-12(17)9(2)10(3)13(15)18/h6H,1,7-8H2,2-5H3. The second-order valence-electron chi connectivity index (χ2n) is 5.42. The number of esters is 1. The maximum Gasteiger partial charge on any atom is 0.330 e. The van der Waals surface area contributed by atoms with E-state index in [9.17, 15) is 14.4 Å². The number of nitrogens with zero attached hydrogens (tertiary/aromatic N) is 1. The summed E-state index contributed by atoms with van der Waals surface area (Å²) >= 11 is 0. The molecule has 0 aliphatic carbocycles. The Morgan fingerprint density at radius 3 is 2.16 bits per heavy atom. The molecule has 0 bridgehead atoms. The molecule has 19 heavy (non-hydrogen) atoms. The van der Waals surface area contributed by atoms with Gasteiger partial charge in [0.15, 0.2) is 0 Å². The van der Waals surface area contributed by atoms with Crippen LogP contribution in [-0.2, 0) is 19.1 Å². The molecule has 0 N–H and O–H groups in total. The minimum atomic E-state index is -0.516. The van der Waals surface area contributed by atoms with E-state index in [1.165, 1.54) is 4.90 Å². The molecule has 1 aliphatic heterocycles. The summed E-state index contributed by atoms with van der Waals surface area (Å²) in [6.07, 6.45) is 1.08. The molecule has 0 aromatic carbocycles. The van der Waals surface area contributed by atoms with Crippen molar-refractivity contribution < 1.29 is 19.1 Å². The van der Waals surface area contributed by atoms with E-state index in [1.807, 2.05) is 13.8 Å². The third kappa shape index (κ3) is 3.30. The largest absolute Gasteiger partial charge is 0.462 e. The SMILES string of the molecule is C=CC(=O)OCC(C)(C)CN1C(=O)C(C)=C(C)C1=O. The van der Waals surface area contributed by atoms with Gasteiger partial charge >= 0.3 is 5.97 Å². The number of rotatable bonds is 5. The van der Waals surface area contributed by atoms with Crippen molar-refractivity contribution in [2.75, 3.05) is 13.2 Å². The molecule has 0 unspecified atom stereocenters. The topological polar surface area (TPSA) is 63.7 Å². The van der Waals surface area contributed by atoms with E-state index in [1.54, 1.807) is 13.8 Å². The number of hydrogen-bond donors (Lipinski definition) is 0. The number of ether oxygens (including phenoxy) is 1. The fourth-order valence-corrected chi connectivity index (χ4v) is 1.76. The Kier molecular flexibility index (Phi) is 4.29. The van der Waals surface area contributed by atoms with Gasteiger partial charge in [-0.3, -0.25) is 14.5 Å². The van der Waals surface area contributed by atoms with Gasteiger partial charge in [0.25, 0.3) is 11.8 Å². The van der Waals surface area contributed by atoms with Crippen LogP contribution < -0.4 is 0 Å². The molecule has 5 heteroatoms. The lowest BCUT2D eigenvalue weighted by Gasteiger charge is -2.28. The van der Waals surface area contributed by atoms with Crippen molar-refractivity contribution in [1.82, 2.24) is 4.90 Å². The molecular weight excluding hydrogens is 246 g/mol. The third-order valence-corrected chi connectivity index (χ3v) is 3.05. The van der Waals surface area contributed by atoms with Gasteiger partial charge in [0.2, 0.25) is 0 Å². The molecule has 2 amide bonds. The van der Waals surface area contributed by atoms with E-state index in [2.05, 4.69) is 6.58 Å². The van der Waals surface area contributed by atoms with Crippen LogP contribution in [0.2, 0.25) is 0 Å². The molecule has 0 saturated carbocycles. The average molecular weight is 265 g/mol. The predicted molar refractivity (Wildman–Crippen MR) is 70.0 cm³/mol. The number of carbonyl (C=O) groups is 3. The summed E-state index contributed by atoms with van der Waals surface area (Å²) in [7, 11) is 0. The molecule has 0 spiro atoms. The number of imide groups is 1. The highest BCUT2D eigenvalue weighted by molar-refractivity contribution is 6.18. The second-order valence-corrected chi connectivity index (χ2v) is 5.42. The van der Waals surface area contributed by atoms with Gasteiger partial charge in [0.05, 0.1) is 6.61 Å². The molecule has 1 rings (SSSR count). The van der Waals surface area contributed by atoms with Crippen LogP contribution in [0, 0.1) is 5.41 Å². The van der Waals surface area contributed by atoms with E-state index in [0.29, 0.717) is 11.1 Å². The van der Waals surface area contributed by atoms with E-state index >= 15 is 0 Å². The Morgan fingerprint density at radius 1 is 1.26 bits per heavy atom. The molecule has 0 fully saturated rings. The molecule has 1 aliphatic rings. The number of carbonyl (C=O) groups excluding carboxylic acids is 3. The molecule has 1 heterocycles. The smallest absolute Gasteiger partial charge is 0.330 e. The first-order chi connectivity index (χ1) is 8.69. The summed E-state index contributed by atoms with van der Waals surface area (Å²) in [6.45, 7) is 10.6. The molecule has 0 radical (unpaired) electrons. The predicted octanol–water partition coefficient (Wildman–Crippen LogP) is 1.45. The summed E-state index contributed by atoms with van der Waals surface area (Å²) in [5.41, 5.74) is 0.447. The van der Waals surface area contributed by atoms with E-state index in [4.69, 9.17) is 4.74 Å². The van der Waals surface area contributed by atoms with Crippen LogP contribution in [0.5, 0.6) is 0 Å². The van der Waals surface area contributed by atoms with Crippen LogP contribution in [0.15, 0.2) is 23.8 Å².